The number of nitriles is 1. The van der Waals surface area contributed by atoms with Gasteiger partial charge in [0.25, 0.3) is 5.91 Å². The molecule has 1 N–H and O–H groups in total. The third-order valence-corrected chi connectivity index (χ3v) is 3.62. The standard InChI is InChI=1S/C13H11BrN2O2/c14-10-4-2-9(3-5-10)11(17)12(18)16-13(8-15)6-1-7-13/h2-5H,1,6-7H2,(H,16,18). The van der Waals surface area contributed by atoms with Crippen LogP contribution in [0.1, 0.15) is 29.6 Å². The van der Waals surface area contributed by atoms with E-state index in [1.54, 1.807) is 24.3 Å². The molecule has 1 aromatic rings. The Bertz CT molecular complexity index is 527. The van der Waals surface area contributed by atoms with Crippen molar-refractivity contribution in [1.29, 1.82) is 5.26 Å². The Balaban J connectivity index is 2.08. The van der Waals surface area contributed by atoms with Crippen LogP contribution in [0.4, 0.5) is 0 Å². The number of halogens is 1. The van der Waals surface area contributed by atoms with E-state index in [2.05, 4.69) is 27.3 Å². The van der Waals surface area contributed by atoms with E-state index in [4.69, 9.17) is 5.26 Å². The molecule has 1 amide bonds. The highest BCUT2D eigenvalue weighted by molar-refractivity contribution is 9.10. The number of hydrogen-bond acceptors (Lipinski definition) is 3. The number of benzene rings is 1. The minimum Gasteiger partial charge on any atom is -0.331 e. The van der Waals surface area contributed by atoms with Crippen LogP contribution in [0.5, 0.6) is 0 Å². The molecule has 0 heterocycles. The monoisotopic (exact) mass is 306 g/mol. The molecule has 0 atom stereocenters. The van der Waals surface area contributed by atoms with Gasteiger partial charge in [-0.2, -0.15) is 5.26 Å². The lowest BCUT2D eigenvalue weighted by Crippen LogP contribution is -2.54. The molecule has 0 saturated heterocycles. The predicted octanol–water partition coefficient (Wildman–Crippen LogP) is 2.19. The molecule has 1 aliphatic carbocycles. The maximum absolute atomic E-state index is 11.9. The molecule has 1 aromatic carbocycles. The second-order valence-electron chi connectivity index (χ2n) is 4.34. The number of nitrogens with zero attached hydrogens (tertiary/aromatic N) is 1. The van der Waals surface area contributed by atoms with Crippen molar-refractivity contribution in [2.45, 2.75) is 24.8 Å². The summed E-state index contributed by atoms with van der Waals surface area (Å²) in [6, 6.07) is 8.62. The van der Waals surface area contributed by atoms with Crippen molar-refractivity contribution >= 4 is 27.6 Å². The van der Waals surface area contributed by atoms with E-state index in [9.17, 15) is 9.59 Å². The number of nitrogens with one attached hydrogen (secondary N) is 1. The van der Waals surface area contributed by atoms with E-state index >= 15 is 0 Å². The van der Waals surface area contributed by atoms with Crippen molar-refractivity contribution in [3.63, 3.8) is 0 Å². The Morgan fingerprint density at radius 1 is 1.28 bits per heavy atom. The molecular weight excluding hydrogens is 296 g/mol. The third kappa shape index (κ3) is 2.44. The highest BCUT2D eigenvalue weighted by atomic mass is 79.9. The van der Waals surface area contributed by atoms with Crippen LogP contribution >= 0.6 is 15.9 Å². The maximum Gasteiger partial charge on any atom is 0.293 e. The SMILES string of the molecule is N#CC1(NC(=O)C(=O)c2ccc(Br)cc2)CCC1. The number of Topliss-reactive ketones (excluding diaryl/α,β-unsaturated/α-hetero) is 1. The zero-order valence-corrected chi connectivity index (χ0v) is 11.2. The van der Waals surface area contributed by atoms with E-state index < -0.39 is 17.2 Å². The van der Waals surface area contributed by atoms with Crippen molar-refractivity contribution in [2.24, 2.45) is 0 Å². The number of ketones is 1. The normalized spacial score (nSPS) is 16.2. The van der Waals surface area contributed by atoms with Gasteiger partial charge in [0.15, 0.2) is 0 Å². The van der Waals surface area contributed by atoms with E-state index in [0.29, 0.717) is 18.4 Å². The fraction of sp³-hybridized carbons (Fsp3) is 0.308. The van der Waals surface area contributed by atoms with Gasteiger partial charge in [0.2, 0.25) is 5.78 Å². The van der Waals surface area contributed by atoms with Crippen LogP contribution in [0.2, 0.25) is 0 Å². The van der Waals surface area contributed by atoms with Crippen LogP contribution in [0.3, 0.4) is 0 Å². The molecule has 0 radical (unpaired) electrons. The number of carbonyl (C=O) groups excluding carboxylic acids is 2. The Morgan fingerprint density at radius 2 is 1.89 bits per heavy atom. The Morgan fingerprint density at radius 3 is 2.33 bits per heavy atom. The highest BCUT2D eigenvalue weighted by Crippen LogP contribution is 2.30. The molecule has 92 valence electrons. The van der Waals surface area contributed by atoms with E-state index in [1.165, 1.54) is 0 Å². The summed E-state index contributed by atoms with van der Waals surface area (Å²) in [7, 11) is 0. The number of amides is 1. The Kier molecular flexibility index (Phi) is 3.48. The lowest BCUT2D eigenvalue weighted by Gasteiger charge is -2.35. The maximum atomic E-state index is 11.9. The molecule has 0 aromatic heterocycles. The first-order chi connectivity index (χ1) is 8.56. The van der Waals surface area contributed by atoms with Crippen LogP contribution in [0, 0.1) is 11.3 Å². The summed E-state index contributed by atoms with van der Waals surface area (Å²) in [5.41, 5.74) is -0.509. The number of carbonyl (C=O) groups is 2. The first kappa shape index (κ1) is 12.8. The molecule has 1 aliphatic rings. The van der Waals surface area contributed by atoms with Crippen LogP contribution < -0.4 is 5.32 Å². The molecule has 0 unspecified atom stereocenters. The van der Waals surface area contributed by atoms with Gasteiger partial charge in [-0.05, 0) is 43.5 Å². The second kappa shape index (κ2) is 4.91. The number of rotatable bonds is 3. The molecule has 2 rings (SSSR count). The minimum atomic E-state index is -0.831. The fourth-order valence-corrected chi connectivity index (χ4v) is 2.07. The van der Waals surface area contributed by atoms with Crippen LogP contribution in [-0.2, 0) is 4.79 Å². The molecule has 18 heavy (non-hydrogen) atoms. The van der Waals surface area contributed by atoms with Crippen LogP contribution in [0.15, 0.2) is 28.7 Å². The van der Waals surface area contributed by atoms with Gasteiger partial charge in [0, 0.05) is 10.0 Å². The molecule has 0 aliphatic heterocycles. The number of hydrogen-bond donors (Lipinski definition) is 1. The van der Waals surface area contributed by atoms with Crippen molar-refractivity contribution < 1.29 is 9.59 Å². The van der Waals surface area contributed by atoms with Crippen molar-refractivity contribution in [2.75, 3.05) is 0 Å². The summed E-state index contributed by atoms with van der Waals surface area (Å²) in [4.78, 5) is 23.6. The summed E-state index contributed by atoms with van der Waals surface area (Å²) in [6.07, 6.45) is 2.13. The fourth-order valence-electron chi connectivity index (χ4n) is 1.80. The average molecular weight is 307 g/mol. The molecule has 4 nitrogen and oxygen atoms in total. The molecule has 0 bridgehead atoms. The van der Waals surface area contributed by atoms with Gasteiger partial charge >= 0.3 is 0 Å². The minimum absolute atomic E-state index is 0.322. The topological polar surface area (TPSA) is 70.0 Å². The largest absolute Gasteiger partial charge is 0.331 e. The summed E-state index contributed by atoms with van der Waals surface area (Å²) in [6.45, 7) is 0. The lowest BCUT2D eigenvalue weighted by molar-refractivity contribution is -0.119. The quantitative estimate of drug-likeness (QED) is 0.687. The second-order valence-corrected chi connectivity index (χ2v) is 5.25. The van der Waals surface area contributed by atoms with Gasteiger partial charge in [-0.3, -0.25) is 9.59 Å². The predicted molar refractivity (Wildman–Crippen MR) is 68.8 cm³/mol. The zero-order chi connectivity index (χ0) is 13.2. The van der Waals surface area contributed by atoms with Gasteiger partial charge in [-0.1, -0.05) is 15.9 Å². The third-order valence-electron chi connectivity index (χ3n) is 3.09. The lowest BCUT2D eigenvalue weighted by atomic mass is 9.78. The molecule has 5 heteroatoms. The molecule has 1 saturated carbocycles. The van der Waals surface area contributed by atoms with Gasteiger partial charge in [0.1, 0.15) is 5.54 Å². The van der Waals surface area contributed by atoms with Gasteiger partial charge in [-0.15, -0.1) is 0 Å². The van der Waals surface area contributed by atoms with Gasteiger partial charge < -0.3 is 5.32 Å². The Labute approximate surface area is 113 Å². The summed E-state index contributed by atoms with van der Waals surface area (Å²) in [5, 5.41) is 11.5. The van der Waals surface area contributed by atoms with E-state index in [-0.39, 0.29) is 0 Å². The van der Waals surface area contributed by atoms with E-state index in [1.807, 2.05) is 0 Å². The van der Waals surface area contributed by atoms with Crippen molar-refractivity contribution in [3.8, 4) is 6.07 Å². The molecule has 1 fully saturated rings. The van der Waals surface area contributed by atoms with Crippen molar-refractivity contribution in [3.05, 3.63) is 34.3 Å². The first-order valence-electron chi connectivity index (χ1n) is 5.60. The summed E-state index contributed by atoms with van der Waals surface area (Å²) >= 11 is 3.26. The molecular formula is C13H11BrN2O2. The molecule has 0 spiro atoms. The van der Waals surface area contributed by atoms with Crippen LogP contribution in [0.25, 0.3) is 0 Å². The highest BCUT2D eigenvalue weighted by Gasteiger charge is 2.39. The summed E-state index contributed by atoms with van der Waals surface area (Å²) < 4.78 is 0.840. The zero-order valence-electron chi connectivity index (χ0n) is 9.57. The van der Waals surface area contributed by atoms with Gasteiger partial charge in [0.05, 0.1) is 6.07 Å². The average Bonchev–Trinajstić information content (AvgIpc) is 2.33. The smallest absolute Gasteiger partial charge is 0.293 e. The van der Waals surface area contributed by atoms with Crippen LogP contribution in [-0.4, -0.2) is 17.2 Å². The summed E-state index contributed by atoms with van der Waals surface area (Å²) in [5.74, 6) is -1.32. The van der Waals surface area contributed by atoms with Gasteiger partial charge in [-0.25, -0.2) is 0 Å². The van der Waals surface area contributed by atoms with Crippen molar-refractivity contribution in [1.82, 2.24) is 5.32 Å². The Hall–Kier alpha value is -1.67. The van der Waals surface area contributed by atoms with E-state index in [0.717, 1.165) is 10.9 Å². The first-order valence-corrected chi connectivity index (χ1v) is 6.39.